The molecule has 0 bridgehead atoms. The van der Waals surface area contributed by atoms with E-state index < -0.39 is 66.3 Å². The van der Waals surface area contributed by atoms with Gasteiger partial charge in [0, 0.05) is 17.1 Å². The standard InChI is InChI=1S/C22H30N6O7/c1-10(19(31)28-18(11(2)29)22(34)35)26-21(33)16(8-17(24)30)27-20(32)14(23)7-12-9-25-15-6-4-3-5-13(12)15/h3-6,9-11,14,16,18,25,29H,7-8,23H2,1-2H3,(H2,24,30)(H,26,33)(H,27,32)(H,28,31)(H,34,35). The lowest BCUT2D eigenvalue weighted by Crippen LogP contribution is -2.58. The molecule has 0 spiro atoms. The maximum Gasteiger partial charge on any atom is 0.328 e. The number of fused-ring (bicyclic) bond motifs is 1. The van der Waals surface area contributed by atoms with Gasteiger partial charge in [0.2, 0.25) is 23.6 Å². The summed E-state index contributed by atoms with van der Waals surface area (Å²) >= 11 is 0. The summed E-state index contributed by atoms with van der Waals surface area (Å²) in [7, 11) is 0. The van der Waals surface area contributed by atoms with E-state index in [1.54, 1.807) is 6.20 Å². The number of aliphatic hydroxyl groups is 1. The summed E-state index contributed by atoms with van der Waals surface area (Å²) in [5, 5.41) is 26.2. The fourth-order valence-electron chi connectivity index (χ4n) is 3.37. The molecule has 0 radical (unpaired) electrons. The number of aliphatic hydroxyl groups excluding tert-OH is 1. The van der Waals surface area contributed by atoms with E-state index in [-0.39, 0.29) is 6.42 Å². The molecule has 190 valence electrons. The van der Waals surface area contributed by atoms with E-state index in [1.165, 1.54) is 13.8 Å². The first kappa shape index (κ1) is 27.3. The summed E-state index contributed by atoms with van der Waals surface area (Å²) in [6, 6.07) is 2.12. The maximum atomic E-state index is 12.7. The van der Waals surface area contributed by atoms with E-state index in [9.17, 15) is 29.1 Å². The fourth-order valence-corrected chi connectivity index (χ4v) is 3.37. The Morgan fingerprint density at radius 3 is 2.26 bits per heavy atom. The van der Waals surface area contributed by atoms with E-state index in [1.807, 2.05) is 24.3 Å². The Morgan fingerprint density at radius 2 is 1.66 bits per heavy atom. The largest absolute Gasteiger partial charge is 0.480 e. The zero-order valence-electron chi connectivity index (χ0n) is 19.3. The lowest BCUT2D eigenvalue weighted by atomic mass is 10.0. The van der Waals surface area contributed by atoms with E-state index in [0.29, 0.717) is 0 Å². The van der Waals surface area contributed by atoms with Gasteiger partial charge in [0.1, 0.15) is 12.1 Å². The van der Waals surface area contributed by atoms with Crippen LogP contribution in [0.25, 0.3) is 10.9 Å². The van der Waals surface area contributed by atoms with Crippen molar-refractivity contribution >= 4 is 40.5 Å². The molecule has 0 fully saturated rings. The van der Waals surface area contributed by atoms with Crippen LogP contribution in [-0.2, 0) is 30.4 Å². The van der Waals surface area contributed by atoms with Crippen LogP contribution in [0.2, 0.25) is 0 Å². The third-order valence-corrected chi connectivity index (χ3v) is 5.29. The van der Waals surface area contributed by atoms with Crippen LogP contribution in [0, 0.1) is 0 Å². The second-order valence-electron chi connectivity index (χ2n) is 8.20. The zero-order valence-corrected chi connectivity index (χ0v) is 19.3. The summed E-state index contributed by atoms with van der Waals surface area (Å²) < 4.78 is 0. The van der Waals surface area contributed by atoms with Gasteiger partial charge in [0.15, 0.2) is 6.04 Å². The van der Waals surface area contributed by atoms with Crippen molar-refractivity contribution in [1.82, 2.24) is 20.9 Å². The normalized spacial score (nSPS) is 15.3. The van der Waals surface area contributed by atoms with Crippen molar-refractivity contribution in [3.8, 4) is 0 Å². The number of aromatic amines is 1. The number of para-hydroxylation sites is 1. The van der Waals surface area contributed by atoms with E-state index in [4.69, 9.17) is 16.6 Å². The number of carbonyl (C=O) groups excluding carboxylic acids is 4. The summed E-state index contributed by atoms with van der Waals surface area (Å²) in [4.78, 5) is 63.3. The van der Waals surface area contributed by atoms with Crippen LogP contribution in [0.1, 0.15) is 25.8 Å². The smallest absolute Gasteiger partial charge is 0.328 e. The molecule has 2 rings (SSSR count). The van der Waals surface area contributed by atoms with Gasteiger partial charge in [0.05, 0.1) is 18.6 Å². The molecule has 0 saturated carbocycles. The molecule has 35 heavy (non-hydrogen) atoms. The molecule has 4 amide bonds. The van der Waals surface area contributed by atoms with Crippen molar-refractivity contribution in [2.75, 3.05) is 0 Å². The predicted octanol–water partition coefficient (Wildman–Crippen LogP) is -2.15. The quantitative estimate of drug-likeness (QED) is 0.163. The average molecular weight is 491 g/mol. The molecular weight excluding hydrogens is 460 g/mol. The first-order valence-electron chi connectivity index (χ1n) is 10.8. The average Bonchev–Trinajstić information content (AvgIpc) is 3.18. The molecule has 10 N–H and O–H groups in total. The number of hydrogen-bond donors (Lipinski definition) is 8. The highest BCUT2D eigenvalue weighted by Gasteiger charge is 2.30. The van der Waals surface area contributed by atoms with Gasteiger partial charge in [-0.3, -0.25) is 19.2 Å². The zero-order chi connectivity index (χ0) is 26.3. The lowest BCUT2D eigenvalue weighted by molar-refractivity contribution is -0.145. The Balaban J connectivity index is 2.03. The van der Waals surface area contributed by atoms with Crippen LogP contribution in [0.4, 0.5) is 0 Å². The molecule has 5 unspecified atom stereocenters. The van der Waals surface area contributed by atoms with Crippen LogP contribution in [0.15, 0.2) is 30.5 Å². The molecule has 1 heterocycles. The first-order chi connectivity index (χ1) is 16.4. The second kappa shape index (κ2) is 11.9. The Labute approximate surface area is 200 Å². The number of aromatic nitrogens is 1. The number of H-pyrrole nitrogens is 1. The van der Waals surface area contributed by atoms with Gasteiger partial charge in [0.25, 0.3) is 0 Å². The third kappa shape index (κ3) is 7.52. The SMILES string of the molecule is CC(NC(=O)C(CC(N)=O)NC(=O)C(N)Cc1c[nH]c2ccccc12)C(=O)NC(C(=O)O)C(C)O. The first-order valence-corrected chi connectivity index (χ1v) is 10.8. The number of nitrogens with two attached hydrogens (primary N) is 2. The van der Waals surface area contributed by atoms with Gasteiger partial charge in [-0.05, 0) is 31.9 Å². The fraction of sp³-hybridized carbons (Fsp3) is 0.409. The van der Waals surface area contributed by atoms with Gasteiger partial charge >= 0.3 is 5.97 Å². The Morgan fingerprint density at radius 1 is 1.00 bits per heavy atom. The van der Waals surface area contributed by atoms with Crippen molar-refractivity contribution in [3.05, 3.63) is 36.0 Å². The molecule has 0 saturated heterocycles. The predicted molar refractivity (Wildman–Crippen MR) is 125 cm³/mol. The Bertz CT molecular complexity index is 1100. The number of rotatable bonds is 12. The maximum absolute atomic E-state index is 12.7. The van der Waals surface area contributed by atoms with Gasteiger partial charge in [-0.1, -0.05) is 18.2 Å². The summed E-state index contributed by atoms with van der Waals surface area (Å²) in [5.41, 5.74) is 12.9. The van der Waals surface area contributed by atoms with Crippen molar-refractivity contribution in [2.24, 2.45) is 11.5 Å². The topological polar surface area (TPSA) is 230 Å². The minimum Gasteiger partial charge on any atom is -0.480 e. The second-order valence-corrected chi connectivity index (χ2v) is 8.20. The van der Waals surface area contributed by atoms with Crippen LogP contribution in [0.3, 0.4) is 0 Å². The Kier molecular flexibility index (Phi) is 9.31. The highest BCUT2D eigenvalue weighted by atomic mass is 16.4. The highest BCUT2D eigenvalue weighted by molar-refractivity contribution is 5.96. The third-order valence-electron chi connectivity index (χ3n) is 5.29. The molecule has 5 atom stereocenters. The molecule has 13 heteroatoms. The molecule has 1 aromatic carbocycles. The van der Waals surface area contributed by atoms with E-state index >= 15 is 0 Å². The van der Waals surface area contributed by atoms with Crippen molar-refractivity contribution in [2.45, 2.75) is 57.0 Å². The number of nitrogens with one attached hydrogen (secondary N) is 4. The number of primary amides is 1. The van der Waals surface area contributed by atoms with Gasteiger partial charge in [-0.2, -0.15) is 0 Å². The molecule has 13 nitrogen and oxygen atoms in total. The number of benzene rings is 1. The molecule has 1 aromatic heterocycles. The summed E-state index contributed by atoms with van der Waals surface area (Å²) in [6.07, 6.45) is -0.0736. The molecule has 0 aliphatic heterocycles. The number of carboxylic acid groups (broad SMARTS) is 1. The minimum absolute atomic E-state index is 0.148. The minimum atomic E-state index is -1.59. The van der Waals surface area contributed by atoms with Crippen LogP contribution < -0.4 is 27.4 Å². The van der Waals surface area contributed by atoms with Gasteiger partial charge in [-0.25, -0.2) is 4.79 Å². The number of carbonyl (C=O) groups is 5. The van der Waals surface area contributed by atoms with Crippen LogP contribution >= 0.6 is 0 Å². The molecule has 0 aliphatic rings. The van der Waals surface area contributed by atoms with Gasteiger partial charge in [-0.15, -0.1) is 0 Å². The van der Waals surface area contributed by atoms with E-state index in [0.717, 1.165) is 16.5 Å². The van der Waals surface area contributed by atoms with Crippen LogP contribution in [0.5, 0.6) is 0 Å². The van der Waals surface area contributed by atoms with Crippen molar-refractivity contribution in [1.29, 1.82) is 0 Å². The number of amides is 4. The van der Waals surface area contributed by atoms with E-state index in [2.05, 4.69) is 20.9 Å². The highest BCUT2D eigenvalue weighted by Crippen LogP contribution is 2.18. The lowest BCUT2D eigenvalue weighted by Gasteiger charge is -2.23. The van der Waals surface area contributed by atoms with Crippen molar-refractivity contribution < 1.29 is 34.2 Å². The van der Waals surface area contributed by atoms with Crippen molar-refractivity contribution in [3.63, 3.8) is 0 Å². The molecule has 0 aliphatic carbocycles. The Hall–Kier alpha value is -3.97. The number of aliphatic carboxylic acids is 1. The number of hydrogen-bond acceptors (Lipinski definition) is 7. The number of carboxylic acids is 1. The summed E-state index contributed by atoms with van der Waals surface area (Å²) in [6.45, 7) is 2.44. The van der Waals surface area contributed by atoms with Gasteiger partial charge < -0.3 is 42.6 Å². The molecule has 2 aromatic rings. The van der Waals surface area contributed by atoms with Crippen LogP contribution in [-0.4, -0.2) is 75.1 Å². The summed E-state index contributed by atoms with van der Waals surface area (Å²) in [5.74, 6) is -4.86. The monoisotopic (exact) mass is 490 g/mol. The molecular formula is C22H30N6O7.